The summed E-state index contributed by atoms with van der Waals surface area (Å²) in [6, 6.07) is 9.83. The van der Waals surface area contributed by atoms with Crippen LogP contribution < -0.4 is 5.32 Å². The van der Waals surface area contributed by atoms with Crippen molar-refractivity contribution in [3.05, 3.63) is 108 Å². The van der Waals surface area contributed by atoms with Crippen molar-refractivity contribution in [1.82, 2.24) is 14.7 Å². The number of aliphatic hydroxyl groups is 1. The number of aliphatic hydroxyl groups excluding tert-OH is 1. The van der Waals surface area contributed by atoms with Gasteiger partial charge in [0, 0.05) is 24.2 Å². The van der Waals surface area contributed by atoms with E-state index in [2.05, 4.69) is 11.9 Å². The summed E-state index contributed by atoms with van der Waals surface area (Å²) >= 11 is 5.86. The van der Waals surface area contributed by atoms with Crippen LogP contribution in [-0.2, 0) is 6.61 Å². The Morgan fingerprint density at radius 1 is 1.17 bits per heavy atom. The standard InChI is InChI=1S/C27H28ClFN4O.C2H6/c1-4-6-20(12-14-28)17-30-19(3)31-24(7-5-2)27-26(22-8-10-23(29)11-9-22)32-25-16-21(18-34)13-15-33(25)27;1-2/h4-13,15-16,30,34H,3,14,17-18H2,1-2H3;1-2H3/b6-4-,7-5-,20-12+,31-24+;. The third-order valence-corrected chi connectivity index (χ3v) is 5.18. The molecular weight excluding hydrogens is 475 g/mol. The van der Waals surface area contributed by atoms with Crippen molar-refractivity contribution in [3.63, 3.8) is 0 Å². The van der Waals surface area contributed by atoms with E-state index in [1.165, 1.54) is 12.1 Å². The van der Waals surface area contributed by atoms with E-state index in [-0.39, 0.29) is 12.4 Å². The first kappa shape index (κ1) is 28.8. The lowest BCUT2D eigenvalue weighted by Gasteiger charge is -2.10. The van der Waals surface area contributed by atoms with Crippen LogP contribution in [0.15, 0.2) is 95.9 Å². The Morgan fingerprint density at radius 3 is 2.47 bits per heavy atom. The number of alkyl halides is 1. The van der Waals surface area contributed by atoms with Crippen molar-refractivity contribution in [2.24, 2.45) is 4.99 Å². The largest absolute Gasteiger partial charge is 0.392 e. The predicted octanol–water partition coefficient (Wildman–Crippen LogP) is 6.83. The number of benzene rings is 1. The summed E-state index contributed by atoms with van der Waals surface area (Å²) in [6.07, 6.45) is 11.5. The van der Waals surface area contributed by atoms with Gasteiger partial charge >= 0.3 is 0 Å². The zero-order valence-corrected chi connectivity index (χ0v) is 22.1. The number of hydrogen-bond donors (Lipinski definition) is 2. The number of pyridine rings is 1. The summed E-state index contributed by atoms with van der Waals surface area (Å²) in [5.74, 6) is 0.572. The molecule has 0 fully saturated rings. The van der Waals surface area contributed by atoms with Gasteiger partial charge in [0.1, 0.15) is 17.3 Å². The molecule has 190 valence electrons. The van der Waals surface area contributed by atoms with Gasteiger partial charge in [0.15, 0.2) is 0 Å². The van der Waals surface area contributed by atoms with Crippen molar-refractivity contribution < 1.29 is 9.50 Å². The normalized spacial score (nSPS) is 12.3. The van der Waals surface area contributed by atoms with Crippen molar-refractivity contribution in [1.29, 1.82) is 0 Å². The van der Waals surface area contributed by atoms with Crippen LogP contribution in [-0.4, -0.2) is 32.6 Å². The molecule has 0 saturated carbocycles. The lowest BCUT2D eigenvalue weighted by atomic mass is 10.1. The van der Waals surface area contributed by atoms with E-state index in [0.717, 1.165) is 22.4 Å². The number of aliphatic imine (C=N–C) groups is 1. The predicted molar refractivity (Wildman–Crippen MR) is 150 cm³/mol. The van der Waals surface area contributed by atoms with Crippen LogP contribution >= 0.6 is 11.6 Å². The van der Waals surface area contributed by atoms with E-state index >= 15 is 0 Å². The number of imidazole rings is 1. The minimum Gasteiger partial charge on any atom is -0.392 e. The maximum atomic E-state index is 13.6. The lowest BCUT2D eigenvalue weighted by Crippen LogP contribution is -2.16. The van der Waals surface area contributed by atoms with Crippen LogP contribution in [0.2, 0.25) is 0 Å². The summed E-state index contributed by atoms with van der Waals surface area (Å²) in [5.41, 5.74) is 5.19. The fourth-order valence-corrected chi connectivity index (χ4v) is 3.67. The molecule has 0 spiro atoms. The Kier molecular flexibility index (Phi) is 11.8. The fraction of sp³-hybridized carbons (Fsp3) is 0.241. The average Bonchev–Trinajstić information content (AvgIpc) is 3.27. The second-order valence-electron chi connectivity index (χ2n) is 7.47. The number of aromatic nitrogens is 2. The van der Waals surface area contributed by atoms with Crippen molar-refractivity contribution in [2.75, 3.05) is 12.4 Å². The SMILES string of the molecule is C=C(/N=C(\C=C/C)c1c(-c2ccc(F)cc2)nc2cc(CO)ccn12)NCC(/C=C\C)=C/CCl.CC. The first-order valence-electron chi connectivity index (χ1n) is 11.9. The minimum atomic E-state index is -0.321. The van der Waals surface area contributed by atoms with Crippen LogP contribution in [0, 0.1) is 5.82 Å². The van der Waals surface area contributed by atoms with Gasteiger partial charge in [-0.25, -0.2) is 14.4 Å². The highest BCUT2D eigenvalue weighted by Crippen LogP contribution is 2.27. The molecule has 0 unspecified atom stereocenters. The van der Waals surface area contributed by atoms with Crippen LogP contribution in [0.5, 0.6) is 0 Å². The number of nitrogens with one attached hydrogen (secondary N) is 1. The van der Waals surface area contributed by atoms with Crippen LogP contribution in [0.1, 0.15) is 39.0 Å². The van der Waals surface area contributed by atoms with Crippen LogP contribution in [0.25, 0.3) is 16.9 Å². The highest BCUT2D eigenvalue weighted by Gasteiger charge is 2.18. The molecule has 0 amide bonds. The Labute approximate surface area is 218 Å². The highest BCUT2D eigenvalue weighted by atomic mass is 35.5. The molecule has 0 aliphatic heterocycles. The lowest BCUT2D eigenvalue weighted by molar-refractivity contribution is 0.282. The summed E-state index contributed by atoms with van der Waals surface area (Å²) in [4.78, 5) is 9.54. The molecule has 0 aliphatic carbocycles. The van der Waals surface area contributed by atoms with Gasteiger partial charge in [-0.1, -0.05) is 44.7 Å². The topological polar surface area (TPSA) is 61.9 Å². The molecule has 3 rings (SSSR count). The molecule has 0 bridgehead atoms. The fourth-order valence-electron chi connectivity index (χ4n) is 3.47. The summed E-state index contributed by atoms with van der Waals surface area (Å²) in [7, 11) is 0. The van der Waals surface area contributed by atoms with Crippen LogP contribution in [0.4, 0.5) is 4.39 Å². The van der Waals surface area contributed by atoms with Gasteiger partial charge in [0.25, 0.3) is 0 Å². The second-order valence-corrected chi connectivity index (χ2v) is 7.78. The van der Waals surface area contributed by atoms with Crippen molar-refractivity contribution in [2.45, 2.75) is 34.3 Å². The van der Waals surface area contributed by atoms with Gasteiger partial charge in [-0.05, 0) is 67.5 Å². The molecule has 1 aromatic carbocycles. The van der Waals surface area contributed by atoms with E-state index in [9.17, 15) is 9.50 Å². The van der Waals surface area contributed by atoms with E-state index in [0.29, 0.717) is 35.3 Å². The molecule has 0 saturated heterocycles. The van der Waals surface area contributed by atoms with Gasteiger partial charge in [-0.3, -0.25) is 4.40 Å². The molecule has 36 heavy (non-hydrogen) atoms. The second kappa shape index (κ2) is 14.8. The Hall–Kier alpha value is -3.48. The zero-order valence-electron chi connectivity index (χ0n) is 21.3. The van der Waals surface area contributed by atoms with Gasteiger partial charge in [0.05, 0.1) is 23.7 Å². The molecule has 5 nitrogen and oxygen atoms in total. The van der Waals surface area contributed by atoms with E-state index < -0.39 is 0 Å². The Balaban J connectivity index is 0.00000222. The van der Waals surface area contributed by atoms with Gasteiger partial charge < -0.3 is 10.4 Å². The minimum absolute atomic E-state index is 0.0918. The molecule has 3 aromatic rings. The molecule has 0 atom stereocenters. The van der Waals surface area contributed by atoms with Crippen molar-refractivity contribution >= 4 is 23.0 Å². The quantitative estimate of drug-likeness (QED) is 0.179. The Morgan fingerprint density at radius 2 is 1.86 bits per heavy atom. The van der Waals surface area contributed by atoms with E-state index in [1.807, 2.05) is 80.8 Å². The first-order valence-corrected chi connectivity index (χ1v) is 12.4. The van der Waals surface area contributed by atoms with Gasteiger partial charge in [0.2, 0.25) is 0 Å². The number of fused-ring (bicyclic) bond motifs is 1. The Bertz CT molecular complexity index is 1270. The number of rotatable bonds is 10. The number of hydrogen-bond acceptors (Lipinski definition) is 4. The highest BCUT2D eigenvalue weighted by molar-refractivity contribution is 6.19. The van der Waals surface area contributed by atoms with E-state index in [1.54, 1.807) is 12.1 Å². The third-order valence-electron chi connectivity index (χ3n) is 5.03. The number of allylic oxidation sites excluding steroid dienone is 4. The molecule has 2 heterocycles. The third kappa shape index (κ3) is 7.51. The first-order chi connectivity index (χ1) is 17.5. The maximum absolute atomic E-state index is 13.6. The van der Waals surface area contributed by atoms with Crippen molar-refractivity contribution in [3.8, 4) is 11.3 Å². The summed E-state index contributed by atoms with van der Waals surface area (Å²) < 4.78 is 15.5. The van der Waals surface area contributed by atoms with Gasteiger partial charge in [-0.15, -0.1) is 11.6 Å². The summed E-state index contributed by atoms with van der Waals surface area (Å²) in [6.45, 7) is 12.4. The molecular formula is C29H34ClFN4O. The smallest absolute Gasteiger partial charge is 0.138 e. The molecule has 2 aromatic heterocycles. The maximum Gasteiger partial charge on any atom is 0.138 e. The molecule has 2 N–H and O–H groups in total. The monoisotopic (exact) mass is 508 g/mol. The zero-order chi connectivity index (χ0) is 26.5. The van der Waals surface area contributed by atoms with Crippen LogP contribution in [0.3, 0.4) is 0 Å². The molecule has 0 radical (unpaired) electrons. The molecule has 0 aliphatic rings. The number of nitrogens with zero attached hydrogens (tertiary/aromatic N) is 3. The number of halogens is 2. The average molecular weight is 509 g/mol. The molecule has 7 heteroatoms. The van der Waals surface area contributed by atoms with Gasteiger partial charge in [-0.2, -0.15) is 0 Å². The summed E-state index contributed by atoms with van der Waals surface area (Å²) in [5, 5.41) is 12.8. The van der Waals surface area contributed by atoms with E-state index in [4.69, 9.17) is 21.6 Å².